The van der Waals surface area contributed by atoms with Gasteiger partial charge in [0, 0.05) is 54.8 Å². The number of carbonyl (C=O) groups excluding carboxylic acids is 2. The number of amides is 2. The van der Waals surface area contributed by atoms with Crippen LogP contribution in [-0.4, -0.2) is 53.0 Å². The normalized spacial score (nSPS) is 20.6. The monoisotopic (exact) mass is 572 g/mol. The lowest BCUT2D eigenvalue weighted by atomic mass is 9.76. The number of nitrogens with zero attached hydrogens (tertiary/aromatic N) is 3. The maximum absolute atomic E-state index is 13.1. The number of halogens is 2. The van der Waals surface area contributed by atoms with Crippen molar-refractivity contribution in [1.29, 1.82) is 0 Å². The molecule has 0 radical (unpaired) electrons. The van der Waals surface area contributed by atoms with Crippen LogP contribution in [0.1, 0.15) is 67.3 Å². The Morgan fingerprint density at radius 2 is 1.69 bits per heavy atom. The van der Waals surface area contributed by atoms with E-state index in [4.69, 9.17) is 11.6 Å². The SMILES string of the molecule is CC(=O)N1CCC(CC(=O)N2CCC([C@H]3c4ccc(Cl)cc4C=Cc4cc(Br)c[n+](O)c43)CC2)CC1. The fourth-order valence-electron chi connectivity index (χ4n) is 6.12. The van der Waals surface area contributed by atoms with Crippen molar-refractivity contribution >= 4 is 51.5 Å². The van der Waals surface area contributed by atoms with Gasteiger partial charge in [0.2, 0.25) is 23.7 Å². The smallest absolute Gasteiger partial charge is 0.249 e. The van der Waals surface area contributed by atoms with E-state index in [9.17, 15) is 14.8 Å². The second kappa shape index (κ2) is 10.5. The summed E-state index contributed by atoms with van der Waals surface area (Å²) in [6.45, 7) is 4.57. The Balaban J connectivity index is 1.31. The van der Waals surface area contributed by atoms with Gasteiger partial charge in [-0.05, 0) is 88.9 Å². The molecule has 1 N–H and O–H groups in total. The molecule has 2 aliphatic heterocycles. The molecular weight excluding hydrogens is 542 g/mol. The molecule has 1 aliphatic carbocycles. The molecule has 2 amide bonds. The van der Waals surface area contributed by atoms with Crippen LogP contribution in [0.3, 0.4) is 0 Å². The van der Waals surface area contributed by atoms with Crippen LogP contribution < -0.4 is 4.73 Å². The zero-order chi connectivity index (χ0) is 25.4. The molecule has 8 heteroatoms. The Morgan fingerprint density at radius 1 is 1.03 bits per heavy atom. The highest BCUT2D eigenvalue weighted by molar-refractivity contribution is 9.10. The fraction of sp³-hybridized carbons (Fsp3) is 0.464. The van der Waals surface area contributed by atoms with Gasteiger partial charge in [-0.15, -0.1) is 0 Å². The van der Waals surface area contributed by atoms with Gasteiger partial charge in [0.15, 0.2) is 0 Å². The number of aromatic nitrogens is 1. The third-order valence-electron chi connectivity index (χ3n) is 8.09. The number of likely N-dealkylation sites (tertiary alicyclic amines) is 2. The van der Waals surface area contributed by atoms with Crippen molar-refractivity contribution in [3.8, 4) is 0 Å². The van der Waals surface area contributed by atoms with Gasteiger partial charge in [-0.1, -0.05) is 23.7 Å². The minimum Gasteiger partial charge on any atom is -0.343 e. The molecule has 2 aromatic rings. The molecule has 0 saturated carbocycles. The van der Waals surface area contributed by atoms with Crippen LogP contribution in [0.15, 0.2) is 34.9 Å². The van der Waals surface area contributed by atoms with Crippen LogP contribution in [-0.2, 0) is 9.59 Å². The van der Waals surface area contributed by atoms with E-state index in [1.807, 2.05) is 34.1 Å². The van der Waals surface area contributed by atoms with Crippen molar-refractivity contribution < 1.29 is 19.5 Å². The largest absolute Gasteiger partial charge is 0.343 e. The number of piperidine rings is 2. The zero-order valence-electron chi connectivity index (χ0n) is 20.5. The quantitative estimate of drug-likeness (QED) is 0.409. The molecule has 5 rings (SSSR count). The highest BCUT2D eigenvalue weighted by Gasteiger charge is 2.39. The number of carbonyl (C=O) groups is 2. The number of benzene rings is 1. The van der Waals surface area contributed by atoms with Crippen LogP contribution in [0.5, 0.6) is 0 Å². The number of hydrogen-bond donors (Lipinski definition) is 1. The molecule has 0 unspecified atom stereocenters. The molecule has 0 bridgehead atoms. The lowest BCUT2D eigenvalue weighted by Gasteiger charge is -2.37. The fourth-order valence-corrected chi connectivity index (χ4v) is 6.74. The van der Waals surface area contributed by atoms with Gasteiger partial charge in [0.05, 0.1) is 10.4 Å². The first-order chi connectivity index (χ1) is 17.3. The van der Waals surface area contributed by atoms with E-state index in [-0.39, 0.29) is 23.7 Å². The summed E-state index contributed by atoms with van der Waals surface area (Å²) in [6.07, 6.45) is 9.92. The molecular formula is C28H32BrClN3O3+. The Labute approximate surface area is 225 Å². The van der Waals surface area contributed by atoms with Gasteiger partial charge >= 0.3 is 0 Å². The standard InChI is InChI=1S/C28H32BrClN3O3/c1-18(34)31-10-6-19(7-11-31)14-26(35)32-12-8-20(9-13-32)27-25-5-4-24(30)16-21(25)2-3-22-15-23(29)17-33(36)28(22)27/h2-5,15-17,19-20,27,36H,6-14H2,1H3/q+1/t27-/m0/s1. The second-order valence-corrected chi connectivity index (χ2v) is 11.7. The number of fused-ring (bicyclic) bond motifs is 2. The molecule has 2 fully saturated rings. The maximum atomic E-state index is 13.1. The van der Waals surface area contributed by atoms with E-state index in [0.29, 0.717) is 17.4 Å². The minimum absolute atomic E-state index is 0.00599. The molecule has 36 heavy (non-hydrogen) atoms. The summed E-state index contributed by atoms with van der Waals surface area (Å²) in [5.74, 6) is 0.983. The number of pyridine rings is 1. The van der Waals surface area contributed by atoms with E-state index in [0.717, 1.165) is 78.7 Å². The van der Waals surface area contributed by atoms with Crippen LogP contribution in [0.25, 0.3) is 12.2 Å². The predicted molar refractivity (Wildman–Crippen MR) is 143 cm³/mol. The van der Waals surface area contributed by atoms with Crippen molar-refractivity contribution in [2.45, 2.75) is 44.9 Å². The molecule has 6 nitrogen and oxygen atoms in total. The van der Waals surface area contributed by atoms with Crippen molar-refractivity contribution in [2.24, 2.45) is 11.8 Å². The van der Waals surface area contributed by atoms with Crippen molar-refractivity contribution in [3.05, 3.63) is 62.3 Å². The summed E-state index contributed by atoms with van der Waals surface area (Å²) in [7, 11) is 0. The van der Waals surface area contributed by atoms with Crippen LogP contribution in [0, 0.1) is 11.8 Å². The Hall–Kier alpha value is -2.38. The molecule has 0 spiro atoms. The predicted octanol–water partition coefficient (Wildman–Crippen LogP) is 5.13. The summed E-state index contributed by atoms with van der Waals surface area (Å²) in [6, 6.07) is 8.02. The topological polar surface area (TPSA) is 64.7 Å². The van der Waals surface area contributed by atoms with Gasteiger partial charge in [0.1, 0.15) is 0 Å². The van der Waals surface area contributed by atoms with Crippen molar-refractivity contribution in [3.63, 3.8) is 0 Å². The highest BCUT2D eigenvalue weighted by Crippen LogP contribution is 2.43. The van der Waals surface area contributed by atoms with E-state index < -0.39 is 0 Å². The van der Waals surface area contributed by atoms with Crippen LogP contribution in [0.4, 0.5) is 0 Å². The van der Waals surface area contributed by atoms with Gasteiger partial charge in [-0.2, -0.15) is 0 Å². The van der Waals surface area contributed by atoms with Crippen LogP contribution >= 0.6 is 27.5 Å². The Bertz CT molecular complexity index is 1200. The van der Waals surface area contributed by atoms with E-state index in [2.05, 4.69) is 28.1 Å². The summed E-state index contributed by atoms with van der Waals surface area (Å²) in [5, 5.41) is 11.6. The summed E-state index contributed by atoms with van der Waals surface area (Å²) >= 11 is 9.83. The maximum Gasteiger partial charge on any atom is 0.249 e. The van der Waals surface area contributed by atoms with E-state index in [1.165, 1.54) is 4.73 Å². The molecule has 3 heterocycles. The summed E-state index contributed by atoms with van der Waals surface area (Å²) in [5.41, 5.74) is 4.06. The lowest BCUT2D eigenvalue weighted by Crippen LogP contribution is -2.44. The highest BCUT2D eigenvalue weighted by atomic mass is 79.9. The minimum atomic E-state index is -0.00599. The lowest BCUT2D eigenvalue weighted by molar-refractivity contribution is -0.910. The molecule has 1 aromatic heterocycles. The van der Waals surface area contributed by atoms with Crippen molar-refractivity contribution in [1.82, 2.24) is 9.80 Å². The average molecular weight is 574 g/mol. The first-order valence-electron chi connectivity index (χ1n) is 12.8. The van der Waals surface area contributed by atoms with Gasteiger partial charge in [-0.25, -0.2) is 0 Å². The second-order valence-electron chi connectivity index (χ2n) is 10.3. The van der Waals surface area contributed by atoms with Crippen molar-refractivity contribution in [2.75, 3.05) is 26.2 Å². The van der Waals surface area contributed by atoms with E-state index >= 15 is 0 Å². The molecule has 1 aromatic carbocycles. The first kappa shape index (κ1) is 25.3. The van der Waals surface area contributed by atoms with E-state index in [1.54, 1.807) is 13.1 Å². The summed E-state index contributed by atoms with van der Waals surface area (Å²) in [4.78, 5) is 28.6. The molecule has 2 saturated heterocycles. The molecule has 1 atom stereocenters. The number of rotatable bonds is 3. The number of hydrogen-bond acceptors (Lipinski definition) is 3. The van der Waals surface area contributed by atoms with Gasteiger partial charge in [-0.3, -0.25) is 14.8 Å². The third-order valence-corrected chi connectivity index (χ3v) is 8.76. The van der Waals surface area contributed by atoms with Gasteiger partial charge < -0.3 is 9.80 Å². The van der Waals surface area contributed by atoms with Gasteiger partial charge in [0.25, 0.3) is 0 Å². The molecule has 190 valence electrons. The zero-order valence-corrected chi connectivity index (χ0v) is 22.8. The first-order valence-corrected chi connectivity index (χ1v) is 13.9. The summed E-state index contributed by atoms with van der Waals surface area (Å²) < 4.78 is 2.06. The Kier molecular flexibility index (Phi) is 7.40. The average Bonchev–Trinajstić information content (AvgIpc) is 3.01. The Morgan fingerprint density at radius 3 is 2.39 bits per heavy atom. The van der Waals surface area contributed by atoms with Crippen LogP contribution in [0.2, 0.25) is 5.02 Å². The molecule has 3 aliphatic rings. The third kappa shape index (κ3) is 5.18.